The smallest absolute Gasteiger partial charge is 0.228 e. The van der Waals surface area contributed by atoms with Gasteiger partial charge in [-0.1, -0.05) is 5.16 Å². The molecule has 92 valence electrons. The highest BCUT2D eigenvalue weighted by molar-refractivity contribution is 5.05. The Bertz CT molecular complexity index is 416. The van der Waals surface area contributed by atoms with Gasteiger partial charge in [0.2, 0.25) is 11.7 Å². The molecule has 5 heteroatoms. The van der Waals surface area contributed by atoms with Gasteiger partial charge >= 0.3 is 0 Å². The Morgan fingerprint density at radius 3 is 2.82 bits per heavy atom. The van der Waals surface area contributed by atoms with Crippen LogP contribution in [0.2, 0.25) is 0 Å². The number of hydrogen-bond acceptors (Lipinski definition) is 5. The van der Waals surface area contributed by atoms with Gasteiger partial charge in [0.1, 0.15) is 5.60 Å². The molecule has 1 heterocycles. The number of methoxy groups -OCH3 is 1. The Kier molecular flexibility index (Phi) is 3.43. The van der Waals surface area contributed by atoms with Crippen LogP contribution in [0.25, 0.3) is 0 Å². The molecule has 17 heavy (non-hydrogen) atoms. The van der Waals surface area contributed by atoms with Crippen molar-refractivity contribution >= 4 is 0 Å². The van der Waals surface area contributed by atoms with Crippen LogP contribution in [-0.4, -0.2) is 17.3 Å². The molecule has 0 bridgehead atoms. The predicted octanol–water partition coefficient (Wildman–Crippen LogP) is 2.19. The molecular weight excluding hydrogens is 218 g/mol. The first kappa shape index (κ1) is 12.1. The quantitative estimate of drug-likeness (QED) is 0.799. The molecule has 0 spiro atoms. The van der Waals surface area contributed by atoms with Gasteiger partial charge in [-0.15, -0.1) is 0 Å². The monoisotopic (exact) mass is 235 g/mol. The third-order valence-electron chi connectivity index (χ3n) is 3.38. The lowest BCUT2D eigenvalue weighted by Crippen LogP contribution is -2.26. The third-order valence-corrected chi connectivity index (χ3v) is 3.38. The van der Waals surface area contributed by atoms with Gasteiger partial charge in [-0.2, -0.15) is 10.2 Å². The van der Waals surface area contributed by atoms with Crippen LogP contribution in [0.3, 0.4) is 0 Å². The van der Waals surface area contributed by atoms with Crippen molar-refractivity contribution in [1.82, 2.24) is 10.1 Å². The van der Waals surface area contributed by atoms with Crippen LogP contribution < -0.4 is 0 Å². The lowest BCUT2D eigenvalue weighted by Gasteiger charge is -2.22. The highest BCUT2D eigenvalue weighted by Crippen LogP contribution is 2.40. The first-order chi connectivity index (χ1) is 8.20. The highest BCUT2D eigenvalue weighted by atomic mass is 16.5. The molecule has 1 fully saturated rings. The van der Waals surface area contributed by atoms with Crippen molar-refractivity contribution in [1.29, 1.82) is 5.26 Å². The summed E-state index contributed by atoms with van der Waals surface area (Å²) in [6.45, 7) is 1.84. The normalized spacial score (nSPS) is 20.1. The van der Waals surface area contributed by atoms with Crippen molar-refractivity contribution in [3.63, 3.8) is 0 Å². The van der Waals surface area contributed by atoms with Gasteiger partial charge in [0.05, 0.1) is 12.0 Å². The van der Waals surface area contributed by atoms with Crippen molar-refractivity contribution in [2.75, 3.05) is 7.11 Å². The van der Waals surface area contributed by atoms with E-state index in [9.17, 15) is 0 Å². The number of aromatic nitrogens is 2. The summed E-state index contributed by atoms with van der Waals surface area (Å²) in [5.41, 5.74) is -0.363. The van der Waals surface area contributed by atoms with E-state index in [0.29, 0.717) is 18.1 Å². The van der Waals surface area contributed by atoms with Crippen molar-refractivity contribution in [3.8, 4) is 6.07 Å². The Labute approximate surface area is 101 Å². The first-order valence-corrected chi connectivity index (χ1v) is 5.98. The van der Waals surface area contributed by atoms with Crippen molar-refractivity contribution in [2.45, 2.75) is 44.6 Å². The summed E-state index contributed by atoms with van der Waals surface area (Å²) in [4.78, 5) is 4.37. The standard InChI is InChI=1S/C12H17N3O2/c1-9(8-13)7-10-14-11(15-17-10)12(16-2)5-3-4-6-12/h9H,3-7H2,1-2H3. The van der Waals surface area contributed by atoms with E-state index in [0.717, 1.165) is 25.7 Å². The largest absolute Gasteiger partial charge is 0.370 e. The average molecular weight is 235 g/mol. The molecule has 0 aromatic carbocycles. The summed E-state index contributed by atoms with van der Waals surface area (Å²) in [6, 6.07) is 2.16. The third kappa shape index (κ3) is 2.32. The zero-order valence-corrected chi connectivity index (χ0v) is 10.3. The summed E-state index contributed by atoms with van der Waals surface area (Å²) < 4.78 is 10.8. The SMILES string of the molecule is COC1(c2noc(CC(C)C#N)n2)CCCC1. The number of nitrogens with zero attached hydrogens (tertiary/aromatic N) is 3. The highest BCUT2D eigenvalue weighted by Gasteiger charge is 2.40. The molecular formula is C12H17N3O2. The summed E-state index contributed by atoms with van der Waals surface area (Å²) >= 11 is 0. The lowest BCUT2D eigenvalue weighted by atomic mass is 10.0. The summed E-state index contributed by atoms with van der Waals surface area (Å²) in [5.74, 6) is 1.06. The maximum Gasteiger partial charge on any atom is 0.228 e. The molecule has 0 aliphatic heterocycles. The van der Waals surface area contributed by atoms with Crippen molar-refractivity contribution in [2.24, 2.45) is 5.92 Å². The number of ether oxygens (including phenoxy) is 1. The molecule has 1 aromatic heterocycles. The van der Waals surface area contributed by atoms with Gasteiger partial charge in [-0.3, -0.25) is 0 Å². The molecule has 1 aliphatic rings. The van der Waals surface area contributed by atoms with Gasteiger partial charge in [-0.25, -0.2) is 0 Å². The van der Waals surface area contributed by atoms with Crippen LogP contribution in [0.5, 0.6) is 0 Å². The second-order valence-corrected chi connectivity index (χ2v) is 4.65. The average Bonchev–Trinajstić information content (AvgIpc) is 2.97. The molecule has 0 radical (unpaired) electrons. The van der Waals surface area contributed by atoms with Crippen molar-refractivity contribution < 1.29 is 9.26 Å². The number of hydrogen-bond donors (Lipinski definition) is 0. The van der Waals surface area contributed by atoms with Crippen LogP contribution in [0.15, 0.2) is 4.52 Å². The van der Waals surface area contributed by atoms with Crippen LogP contribution in [0.4, 0.5) is 0 Å². The van der Waals surface area contributed by atoms with Gasteiger partial charge in [-0.05, 0) is 32.6 Å². The molecule has 1 saturated carbocycles. The van der Waals surface area contributed by atoms with E-state index in [1.165, 1.54) is 0 Å². The molecule has 1 aromatic rings. The topological polar surface area (TPSA) is 71.9 Å². The van der Waals surface area contributed by atoms with Gasteiger partial charge in [0.25, 0.3) is 0 Å². The summed E-state index contributed by atoms with van der Waals surface area (Å²) in [6.07, 6.45) is 4.65. The molecule has 1 aliphatic carbocycles. The van der Waals surface area contributed by atoms with Gasteiger partial charge in [0.15, 0.2) is 0 Å². The van der Waals surface area contributed by atoms with Crippen LogP contribution in [0, 0.1) is 17.2 Å². The molecule has 1 unspecified atom stereocenters. The second kappa shape index (κ2) is 4.84. The van der Waals surface area contributed by atoms with Crippen LogP contribution in [0.1, 0.15) is 44.3 Å². The lowest BCUT2D eigenvalue weighted by molar-refractivity contribution is -0.0178. The van der Waals surface area contributed by atoms with Crippen molar-refractivity contribution in [3.05, 3.63) is 11.7 Å². The van der Waals surface area contributed by atoms with Gasteiger partial charge in [0, 0.05) is 13.5 Å². The fourth-order valence-electron chi connectivity index (χ4n) is 2.30. The first-order valence-electron chi connectivity index (χ1n) is 5.98. The Morgan fingerprint density at radius 1 is 1.53 bits per heavy atom. The molecule has 0 N–H and O–H groups in total. The molecule has 2 rings (SSSR count). The van der Waals surface area contributed by atoms with Crippen LogP contribution in [-0.2, 0) is 16.8 Å². The van der Waals surface area contributed by atoms with E-state index < -0.39 is 0 Å². The molecule has 5 nitrogen and oxygen atoms in total. The van der Waals surface area contributed by atoms with Gasteiger partial charge < -0.3 is 9.26 Å². The Hall–Kier alpha value is -1.41. The zero-order chi connectivity index (χ0) is 12.3. The Morgan fingerprint density at radius 2 is 2.24 bits per heavy atom. The fraction of sp³-hybridized carbons (Fsp3) is 0.750. The minimum Gasteiger partial charge on any atom is -0.370 e. The second-order valence-electron chi connectivity index (χ2n) is 4.65. The molecule has 0 saturated heterocycles. The zero-order valence-electron chi connectivity index (χ0n) is 10.3. The molecule has 1 atom stereocenters. The van der Waals surface area contributed by atoms with Crippen LogP contribution >= 0.6 is 0 Å². The molecule has 0 amide bonds. The number of rotatable bonds is 4. The maximum atomic E-state index is 8.75. The summed E-state index contributed by atoms with van der Waals surface area (Å²) in [5, 5.41) is 12.8. The van der Waals surface area contributed by atoms with E-state index in [4.69, 9.17) is 14.5 Å². The summed E-state index contributed by atoms with van der Waals surface area (Å²) in [7, 11) is 1.69. The predicted molar refractivity (Wildman–Crippen MR) is 59.9 cm³/mol. The minimum atomic E-state index is -0.363. The minimum absolute atomic E-state index is 0.106. The van der Waals surface area contributed by atoms with E-state index in [1.807, 2.05) is 6.92 Å². The Balaban J connectivity index is 2.15. The number of nitriles is 1. The van der Waals surface area contributed by atoms with E-state index in [1.54, 1.807) is 7.11 Å². The van der Waals surface area contributed by atoms with E-state index >= 15 is 0 Å². The van der Waals surface area contributed by atoms with E-state index in [2.05, 4.69) is 16.2 Å². The van der Waals surface area contributed by atoms with E-state index in [-0.39, 0.29) is 11.5 Å². The maximum absolute atomic E-state index is 8.75. The fourth-order valence-corrected chi connectivity index (χ4v) is 2.30.